The van der Waals surface area contributed by atoms with Gasteiger partial charge in [0.1, 0.15) is 11.8 Å². The Morgan fingerprint density at radius 1 is 0.711 bits per heavy atom. The first kappa shape index (κ1) is 26.7. The van der Waals surface area contributed by atoms with E-state index in [0.29, 0.717) is 32.4 Å². The topological polar surface area (TPSA) is 58.6 Å². The Hall–Kier alpha value is -4.38. The SMILES string of the molecule is COc1ccc(CN(C(=O)CCc2ccccc2)[C@@H](Cc2ccccc2)C(=O)NCc2ccccc2)cc1. The van der Waals surface area contributed by atoms with Crippen molar-refractivity contribution in [2.75, 3.05) is 7.11 Å². The second kappa shape index (κ2) is 13.8. The van der Waals surface area contributed by atoms with E-state index >= 15 is 0 Å². The molecule has 0 heterocycles. The first-order valence-corrected chi connectivity index (χ1v) is 12.9. The zero-order chi connectivity index (χ0) is 26.6. The molecule has 4 aromatic rings. The van der Waals surface area contributed by atoms with Crippen molar-refractivity contribution < 1.29 is 14.3 Å². The lowest BCUT2D eigenvalue weighted by atomic mass is 10.0. The molecule has 4 aromatic carbocycles. The molecule has 5 heteroatoms. The molecule has 2 amide bonds. The Bertz CT molecular complexity index is 1280. The number of amides is 2. The summed E-state index contributed by atoms with van der Waals surface area (Å²) in [5.41, 5.74) is 4.05. The minimum Gasteiger partial charge on any atom is -0.497 e. The Kier molecular flexibility index (Phi) is 9.69. The van der Waals surface area contributed by atoms with E-state index in [9.17, 15) is 9.59 Å². The van der Waals surface area contributed by atoms with E-state index in [0.717, 1.165) is 28.0 Å². The van der Waals surface area contributed by atoms with Gasteiger partial charge in [-0.15, -0.1) is 0 Å². The van der Waals surface area contributed by atoms with Gasteiger partial charge in [-0.3, -0.25) is 9.59 Å². The van der Waals surface area contributed by atoms with Crippen molar-refractivity contribution in [1.29, 1.82) is 0 Å². The van der Waals surface area contributed by atoms with E-state index in [1.165, 1.54) is 0 Å². The smallest absolute Gasteiger partial charge is 0.243 e. The number of methoxy groups -OCH3 is 1. The lowest BCUT2D eigenvalue weighted by Crippen LogP contribution is -2.50. The number of carbonyl (C=O) groups excluding carboxylic acids is 2. The molecule has 5 nitrogen and oxygen atoms in total. The summed E-state index contributed by atoms with van der Waals surface area (Å²) in [6.07, 6.45) is 1.36. The summed E-state index contributed by atoms with van der Waals surface area (Å²) >= 11 is 0. The number of rotatable bonds is 12. The maximum atomic E-state index is 13.8. The van der Waals surface area contributed by atoms with E-state index in [2.05, 4.69) is 5.32 Å². The molecule has 0 aliphatic carbocycles. The number of ether oxygens (including phenoxy) is 1. The van der Waals surface area contributed by atoms with Crippen molar-refractivity contribution in [3.63, 3.8) is 0 Å². The zero-order valence-corrected chi connectivity index (χ0v) is 21.8. The molecule has 0 spiro atoms. The third-order valence-corrected chi connectivity index (χ3v) is 6.56. The fourth-order valence-electron chi connectivity index (χ4n) is 4.42. The molecule has 0 aromatic heterocycles. The molecule has 0 aliphatic rings. The van der Waals surface area contributed by atoms with Gasteiger partial charge >= 0.3 is 0 Å². The van der Waals surface area contributed by atoms with Gasteiger partial charge < -0.3 is 15.0 Å². The standard InChI is InChI=1S/C33H34N2O3/c1-38-30-20-17-29(18-21-30)25-35(32(36)22-19-26-11-5-2-6-12-26)31(23-27-13-7-3-8-14-27)33(37)34-24-28-15-9-4-10-16-28/h2-18,20-21,31H,19,22-25H2,1H3,(H,34,37)/t31-/m0/s1. The monoisotopic (exact) mass is 506 g/mol. The Balaban J connectivity index is 1.60. The highest BCUT2D eigenvalue weighted by Crippen LogP contribution is 2.19. The van der Waals surface area contributed by atoms with Crippen molar-refractivity contribution in [3.05, 3.63) is 138 Å². The van der Waals surface area contributed by atoms with Crippen LogP contribution in [0.5, 0.6) is 5.75 Å². The van der Waals surface area contributed by atoms with Gasteiger partial charge in [0.15, 0.2) is 0 Å². The predicted molar refractivity (Wildman–Crippen MR) is 151 cm³/mol. The third-order valence-electron chi connectivity index (χ3n) is 6.56. The number of nitrogens with zero attached hydrogens (tertiary/aromatic N) is 1. The van der Waals surface area contributed by atoms with Crippen LogP contribution in [0, 0.1) is 0 Å². The fourth-order valence-corrected chi connectivity index (χ4v) is 4.42. The predicted octanol–water partition coefficient (Wildman–Crippen LogP) is 5.58. The Labute approximate surface area is 225 Å². The largest absolute Gasteiger partial charge is 0.497 e. The molecule has 0 radical (unpaired) electrons. The van der Waals surface area contributed by atoms with Crippen LogP contribution in [0.15, 0.2) is 115 Å². The average Bonchev–Trinajstić information content (AvgIpc) is 2.98. The van der Waals surface area contributed by atoms with Gasteiger partial charge in [-0.05, 0) is 40.8 Å². The number of hydrogen-bond acceptors (Lipinski definition) is 3. The van der Waals surface area contributed by atoms with Crippen molar-refractivity contribution in [1.82, 2.24) is 10.2 Å². The van der Waals surface area contributed by atoms with Crippen LogP contribution >= 0.6 is 0 Å². The van der Waals surface area contributed by atoms with Crippen LogP contribution in [0.3, 0.4) is 0 Å². The van der Waals surface area contributed by atoms with Gasteiger partial charge in [0.2, 0.25) is 11.8 Å². The van der Waals surface area contributed by atoms with Crippen LogP contribution in [0.1, 0.15) is 28.7 Å². The molecule has 0 fully saturated rings. The molecular formula is C33H34N2O3. The summed E-state index contributed by atoms with van der Waals surface area (Å²) in [4.78, 5) is 29.2. The summed E-state index contributed by atoms with van der Waals surface area (Å²) in [5, 5.41) is 3.08. The van der Waals surface area contributed by atoms with Crippen LogP contribution in [0.2, 0.25) is 0 Å². The average molecular weight is 507 g/mol. The van der Waals surface area contributed by atoms with Crippen LogP contribution in [-0.2, 0) is 35.5 Å². The highest BCUT2D eigenvalue weighted by molar-refractivity contribution is 5.88. The molecular weight excluding hydrogens is 472 g/mol. The molecule has 0 unspecified atom stereocenters. The highest BCUT2D eigenvalue weighted by atomic mass is 16.5. The van der Waals surface area contributed by atoms with E-state index in [1.54, 1.807) is 12.0 Å². The number of aryl methyl sites for hydroxylation is 1. The van der Waals surface area contributed by atoms with E-state index in [-0.39, 0.29) is 11.8 Å². The lowest BCUT2D eigenvalue weighted by Gasteiger charge is -2.32. The van der Waals surface area contributed by atoms with Gasteiger partial charge in [0.25, 0.3) is 0 Å². The normalized spacial score (nSPS) is 11.4. The van der Waals surface area contributed by atoms with Crippen LogP contribution in [0.25, 0.3) is 0 Å². The maximum Gasteiger partial charge on any atom is 0.243 e. The van der Waals surface area contributed by atoms with Crippen molar-refractivity contribution in [2.45, 2.75) is 38.4 Å². The first-order valence-electron chi connectivity index (χ1n) is 12.9. The molecule has 4 rings (SSSR count). The molecule has 0 saturated carbocycles. The summed E-state index contributed by atoms with van der Waals surface area (Å²) < 4.78 is 5.30. The second-order valence-corrected chi connectivity index (χ2v) is 9.26. The van der Waals surface area contributed by atoms with Gasteiger partial charge in [0, 0.05) is 25.9 Å². The maximum absolute atomic E-state index is 13.8. The molecule has 194 valence electrons. The summed E-state index contributed by atoms with van der Waals surface area (Å²) in [5.74, 6) is 0.525. The van der Waals surface area contributed by atoms with E-state index in [1.807, 2.05) is 115 Å². The summed E-state index contributed by atoms with van der Waals surface area (Å²) in [7, 11) is 1.63. The lowest BCUT2D eigenvalue weighted by molar-refractivity contribution is -0.141. The van der Waals surface area contributed by atoms with E-state index in [4.69, 9.17) is 4.74 Å². The number of carbonyl (C=O) groups is 2. The minimum atomic E-state index is -0.661. The molecule has 0 aliphatic heterocycles. The fraction of sp³-hybridized carbons (Fsp3) is 0.212. The van der Waals surface area contributed by atoms with Gasteiger partial charge in [-0.1, -0.05) is 103 Å². The van der Waals surface area contributed by atoms with Crippen molar-refractivity contribution in [2.24, 2.45) is 0 Å². The third kappa shape index (κ3) is 7.81. The zero-order valence-electron chi connectivity index (χ0n) is 21.8. The summed E-state index contributed by atoms with van der Waals surface area (Å²) in [6, 6.07) is 36.6. The van der Waals surface area contributed by atoms with Crippen LogP contribution in [0.4, 0.5) is 0 Å². The molecule has 0 saturated heterocycles. The number of benzene rings is 4. The molecule has 1 atom stereocenters. The first-order chi connectivity index (χ1) is 18.6. The second-order valence-electron chi connectivity index (χ2n) is 9.26. The van der Waals surface area contributed by atoms with Crippen LogP contribution in [-0.4, -0.2) is 29.9 Å². The summed E-state index contributed by atoms with van der Waals surface area (Å²) in [6.45, 7) is 0.730. The molecule has 1 N–H and O–H groups in total. The highest BCUT2D eigenvalue weighted by Gasteiger charge is 2.30. The Morgan fingerprint density at radius 2 is 1.26 bits per heavy atom. The Morgan fingerprint density at radius 3 is 1.84 bits per heavy atom. The van der Waals surface area contributed by atoms with Crippen molar-refractivity contribution in [3.8, 4) is 5.75 Å². The quantitative estimate of drug-likeness (QED) is 0.273. The van der Waals surface area contributed by atoms with Crippen LogP contribution < -0.4 is 10.1 Å². The van der Waals surface area contributed by atoms with Gasteiger partial charge in [0.05, 0.1) is 7.11 Å². The van der Waals surface area contributed by atoms with Gasteiger partial charge in [-0.2, -0.15) is 0 Å². The molecule has 38 heavy (non-hydrogen) atoms. The molecule has 0 bridgehead atoms. The number of hydrogen-bond donors (Lipinski definition) is 1. The van der Waals surface area contributed by atoms with Gasteiger partial charge in [-0.25, -0.2) is 0 Å². The van der Waals surface area contributed by atoms with Crippen molar-refractivity contribution >= 4 is 11.8 Å². The minimum absolute atomic E-state index is 0.0551. The number of nitrogens with one attached hydrogen (secondary N) is 1. The van der Waals surface area contributed by atoms with E-state index < -0.39 is 6.04 Å².